The van der Waals surface area contributed by atoms with Crippen LogP contribution in [-0.4, -0.2) is 4.98 Å². The minimum Gasteiger partial charge on any atom is -0.253 e. The Hall–Kier alpha value is -0.480. The lowest BCUT2D eigenvalue weighted by molar-refractivity contribution is 0.636. The second kappa shape index (κ2) is 3.35. The summed E-state index contributed by atoms with van der Waals surface area (Å²) in [5, 5.41) is 0.773. The molecule has 4 heteroatoms. The van der Waals surface area contributed by atoms with E-state index in [4.69, 9.17) is 0 Å². The fourth-order valence-electron chi connectivity index (χ4n) is 1.15. The molecule has 1 aromatic carbocycles. The molecule has 0 aliphatic carbocycles. The summed E-state index contributed by atoms with van der Waals surface area (Å²) < 4.78 is 14.9. The maximum absolute atomic E-state index is 13.3. The van der Waals surface area contributed by atoms with E-state index in [0.29, 0.717) is 9.99 Å². The van der Waals surface area contributed by atoms with Crippen LogP contribution in [0, 0.1) is 5.82 Å². The standard InChI is InChI=1S/C9H4Br2FN/c10-5-3-6-7(11)1-2-13-9(6)8(12)4-5/h1-4H. The predicted octanol–water partition coefficient (Wildman–Crippen LogP) is 3.90. The number of pyridine rings is 1. The monoisotopic (exact) mass is 303 g/mol. The fraction of sp³-hybridized carbons (Fsp3) is 0. The lowest BCUT2D eigenvalue weighted by Crippen LogP contribution is -1.84. The summed E-state index contributed by atoms with van der Waals surface area (Å²) in [6.07, 6.45) is 1.57. The highest BCUT2D eigenvalue weighted by molar-refractivity contribution is 9.11. The number of fused-ring (bicyclic) bond motifs is 1. The summed E-state index contributed by atoms with van der Waals surface area (Å²) in [5.41, 5.74) is 0.387. The Morgan fingerprint density at radius 1 is 1.23 bits per heavy atom. The normalized spacial score (nSPS) is 10.7. The van der Waals surface area contributed by atoms with Crippen molar-refractivity contribution in [1.29, 1.82) is 0 Å². The van der Waals surface area contributed by atoms with Gasteiger partial charge < -0.3 is 0 Å². The first-order valence-corrected chi connectivity index (χ1v) is 5.16. The molecule has 0 bridgehead atoms. The molecule has 1 aromatic heterocycles. The second-order valence-electron chi connectivity index (χ2n) is 2.58. The molecule has 13 heavy (non-hydrogen) atoms. The SMILES string of the molecule is Fc1cc(Br)cc2c(Br)ccnc12. The Morgan fingerprint density at radius 3 is 2.77 bits per heavy atom. The first-order valence-electron chi connectivity index (χ1n) is 3.58. The molecule has 0 aliphatic rings. The molecule has 66 valence electrons. The molecule has 0 saturated carbocycles. The summed E-state index contributed by atoms with van der Waals surface area (Å²) in [4.78, 5) is 3.96. The third-order valence-electron chi connectivity index (χ3n) is 1.71. The lowest BCUT2D eigenvalue weighted by atomic mass is 10.2. The molecular weight excluding hydrogens is 301 g/mol. The van der Waals surface area contributed by atoms with Crippen LogP contribution in [0.3, 0.4) is 0 Å². The minimum atomic E-state index is -0.314. The van der Waals surface area contributed by atoms with Crippen molar-refractivity contribution in [1.82, 2.24) is 4.98 Å². The van der Waals surface area contributed by atoms with Crippen LogP contribution in [0.2, 0.25) is 0 Å². The predicted molar refractivity (Wildman–Crippen MR) is 57.1 cm³/mol. The average molecular weight is 305 g/mol. The molecule has 0 spiro atoms. The van der Waals surface area contributed by atoms with Gasteiger partial charge in [0, 0.05) is 20.5 Å². The molecule has 0 N–H and O–H groups in total. The Labute approximate surface area is 91.2 Å². The molecule has 2 aromatic rings. The van der Waals surface area contributed by atoms with Crippen LogP contribution >= 0.6 is 31.9 Å². The van der Waals surface area contributed by atoms with E-state index in [1.807, 2.05) is 6.07 Å². The maximum atomic E-state index is 13.3. The molecule has 2 rings (SSSR count). The van der Waals surface area contributed by atoms with Crippen molar-refractivity contribution >= 4 is 42.8 Å². The molecule has 0 unspecified atom stereocenters. The smallest absolute Gasteiger partial charge is 0.150 e. The van der Waals surface area contributed by atoms with Crippen LogP contribution in [0.4, 0.5) is 4.39 Å². The van der Waals surface area contributed by atoms with Gasteiger partial charge >= 0.3 is 0 Å². The number of hydrogen-bond acceptors (Lipinski definition) is 1. The van der Waals surface area contributed by atoms with Crippen LogP contribution < -0.4 is 0 Å². The van der Waals surface area contributed by atoms with Crippen molar-refractivity contribution in [3.8, 4) is 0 Å². The highest BCUT2D eigenvalue weighted by atomic mass is 79.9. The number of aromatic nitrogens is 1. The van der Waals surface area contributed by atoms with Gasteiger partial charge in [0.2, 0.25) is 0 Å². The number of nitrogens with zero attached hydrogens (tertiary/aromatic N) is 1. The van der Waals surface area contributed by atoms with Crippen molar-refractivity contribution in [2.45, 2.75) is 0 Å². The zero-order valence-corrected chi connectivity index (χ0v) is 9.56. The van der Waals surface area contributed by atoms with Crippen molar-refractivity contribution in [3.05, 3.63) is 39.2 Å². The highest BCUT2D eigenvalue weighted by Crippen LogP contribution is 2.27. The number of hydrogen-bond donors (Lipinski definition) is 0. The fourth-order valence-corrected chi connectivity index (χ4v) is 2.00. The Bertz CT molecular complexity index is 470. The minimum absolute atomic E-state index is 0.314. The molecule has 0 aliphatic heterocycles. The summed E-state index contributed by atoms with van der Waals surface area (Å²) in [6, 6.07) is 5.02. The first kappa shape index (κ1) is 9.09. The summed E-state index contributed by atoms with van der Waals surface area (Å²) >= 11 is 6.57. The third kappa shape index (κ3) is 1.60. The van der Waals surface area contributed by atoms with E-state index in [1.54, 1.807) is 12.3 Å². The van der Waals surface area contributed by atoms with E-state index in [-0.39, 0.29) is 5.82 Å². The van der Waals surface area contributed by atoms with Gasteiger partial charge in [0.1, 0.15) is 5.52 Å². The Kier molecular flexibility index (Phi) is 2.34. The van der Waals surface area contributed by atoms with Gasteiger partial charge in [0.15, 0.2) is 5.82 Å². The molecule has 0 radical (unpaired) electrons. The lowest BCUT2D eigenvalue weighted by Gasteiger charge is -2.01. The third-order valence-corrected chi connectivity index (χ3v) is 2.86. The second-order valence-corrected chi connectivity index (χ2v) is 4.35. The summed E-state index contributed by atoms with van der Waals surface area (Å²) in [5.74, 6) is -0.314. The van der Waals surface area contributed by atoms with Crippen LogP contribution in [0.1, 0.15) is 0 Å². The van der Waals surface area contributed by atoms with Gasteiger partial charge in [-0.3, -0.25) is 4.98 Å². The van der Waals surface area contributed by atoms with E-state index in [2.05, 4.69) is 36.8 Å². The molecule has 0 fully saturated rings. The first-order chi connectivity index (χ1) is 6.18. The summed E-state index contributed by atoms with van der Waals surface area (Å²) in [6.45, 7) is 0. The Balaban J connectivity index is 2.94. The molecule has 1 nitrogen and oxygen atoms in total. The van der Waals surface area contributed by atoms with Gasteiger partial charge in [-0.25, -0.2) is 4.39 Å². The molecule has 0 atom stereocenters. The van der Waals surface area contributed by atoms with Gasteiger partial charge in [-0.05, 0) is 18.2 Å². The topological polar surface area (TPSA) is 12.9 Å². The zero-order valence-electron chi connectivity index (χ0n) is 6.39. The Morgan fingerprint density at radius 2 is 2.00 bits per heavy atom. The van der Waals surface area contributed by atoms with Crippen LogP contribution in [-0.2, 0) is 0 Å². The van der Waals surface area contributed by atoms with Gasteiger partial charge in [0.05, 0.1) is 0 Å². The number of rotatable bonds is 0. The van der Waals surface area contributed by atoms with Crippen molar-refractivity contribution in [2.75, 3.05) is 0 Å². The quantitative estimate of drug-likeness (QED) is 0.719. The number of halogens is 3. The van der Waals surface area contributed by atoms with E-state index >= 15 is 0 Å². The van der Waals surface area contributed by atoms with Crippen LogP contribution in [0.15, 0.2) is 33.3 Å². The zero-order chi connectivity index (χ0) is 9.42. The average Bonchev–Trinajstić information content (AvgIpc) is 2.07. The summed E-state index contributed by atoms with van der Waals surface area (Å²) in [7, 11) is 0. The molecule has 1 heterocycles. The van der Waals surface area contributed by atoms with Crippen molar-refractivity contribution in [2.24, 2.45) is 0 Å². The molecule has 0 amide bonds. The van der Waals surface area contributed by atoms with Crippen molar-refractivity contribution in [3.63, 3.8) is 0 Å². The number of benzene rings is 1. The maximum Gasteiger partial charge on any atom is 0.150 e. The van der Waals surface area contributed by atoms with Crippen LogP contribution in [0.5, 0.6) is 0 Å². The van der Waals surface area contributed by atoms with E-state index in [1.165, 1.54) is 6.07 Å². The largest absolute Gasteiger partial charge is 0.253 e. The van der Waals surface area contributed by atoms with Gasteiger partial charge in [-0.15, -0.1) is 0 Å². The van der Waals surface area contributed by atoms with Gasteiger partial charge in [0.25, 0.3) is 0 Å². The highest BCUT2D eigenvalue weighted by Gasteiger charge is 2.05. The van der Waals surface area contributed by atoms with E-state index in [0.717, 1.165) is 9.86 Å². The van der Waals surface area contributed by atoms with Gasteiger partial charge in [-0.2, -0.15) is 0 Å². The molecular formula is C9H4Br2FN. The van der Waals surface area contributed by atoms with E-state index in [9.17, 15) is 4.39 Å². The van der Waals surface area contributed by atoms with Crippen LogP contribution in [0.25, 0.3) is 10.9 Å². The van der Waals surface area contributed by atoms with Gasteiger partial charge in [-0.1, -0.05) is 31.9 Å². The van der Waals surface area contributed by atoms with E-state index < -0.39 is 0 Å². The van der Waals surface area contributed by atoms with Crippen molar-refractivity contribution < 1.29 is 4.39 Å². The molecule has 0 saturated heterocycles.